The van der Waals surface area contributed by atoms with E-state index in [1.807, 2.05) is 30.3 Å². The molecule has 0 fully saturated rings. The van der Waals surface area contributed by atoms with E-state index in [0.29, 0.717) is 24.6 Å². The molecule has 1 amide bonds. The maximum absolute atomic E-state index is 11.7. The molecule has 0 bridgehead atoms. The average molecular weight is 260 g/mol. The molecule has 0 unspecified atom stereocenters. The summed E-state index contributed by atoms with van der Waals surface area (Å²) in [6.45, 7) is 4.66. The van der Waals surface area contributed by atoms with Gasteiger partial charge in [-0.1, -0.05) is 26.0 Å². The standard InChI is InChI=1S/C15H20N2O2/c1-12(2)13-6-4-7-14(10-13)19-11-15(18)17(3)9-5-8-16/h4,6-7,10,12H,5,9,11H2,1-3H3. The van der Waals surface area contributed by atoms with E-state index in [0.717, 1.165) is 0 Å². The predicted molar refractivity (Wildman–Crippen MR) is 73.9 cm³/mol. The molecule has 19 heavy (non-hydrogen) atoms. The van der Waals surface area contributed by atoms with E-state index in [-0.39, 0.29) is 12.5 Å². The zero-order valence-electron chi connectivity index (χ0n) is 11.7. The van der Waals surface area contributed by atoms with Gasteiger partial charge in [0.1, 0.15) is 5.75 Å². The molecule has 0 radical (unpaired) electrons. The molecule has 4 heteroatoms. The zero-order valence-corrected chi connectivity index (χ0v) is 11.7. The summed E-state index contributed by atoms with van der Waals surface area (Å²) in [5.74, 6) is 1.01. The van der Waals surface area contributed by atoms with Crippen molar-refractivity contribution < 1.29 is 9.53 Å². The fraction of sp³-hybridized carbons (Fsp3) is 0.467. The average Bonchev–Trinajstić information content (AvgIpc) is 2.42. The SMILES string of the molecule is CC(C)c1cccc(OCC(=O)N(C)CCC#N)c1. The normalized spacial score (nSPS) is 10.1. The summed E-state index contributed by atoms with van der Waals surface area (Å²) < 4.78 is 5.49. The lowest BCUT2D eigenvalue weighted by Gasteiger charge is -2.16. The van der Waals surface area contributed by atoms with Crippen molar-refractivity contribution in [1.29, 1.82) is 5.26 Å². The summed E-state index contributed by atoms with van der Waals surface area (Å²) in [5, 5.41) is 8.47. The smallest absolute Gasteiger partial charge is 0.260 e. The van der Waals surface area contributed by atoms with Gasteiger partial charge in [-0.3, -0.25) is 4.79 Å². The highest BCUT2D eigenvalue weighted by Gasteiger charge is 2.09. The minimum absolute atomic E-state index is 0.00345. The fourth-order valence-corrected chi connectivity index (χ4v) is 1.56. The first kappa shape index (κ1) is 15.0. The van der Waals surface area contributed by atoms with Crippen molar-refractivity contribution in [3.05, 3.63) is 29.8 Å². The number of hydrogen-bond acceptors (Lipinski definition) is 3. The molecule has 0 saturated heterocycles. The Morgan fingerprint density at radius 2 is 2.21 bits per heavy atom. The number of carbonyl (C=O) groups is 1. The maximum atomic E-state index is 11.7. The number of nitriles is 1. The van der Waals surface area contributed by atoms with Crippen LogP contribution in [0.2, 0.25) is 0 Å². The number of hydrogen-bond donors (Lipinski definition) is 0. The van der Waals surface area contributed by atoms with Crippen LogP contribution in [0.4, 0.5) is 0 Å². The number of amides is 1. The Morgan fingerprint density at radius 3 is 2.84 bits per heavy atom. The molecule has 0 saturated carbocycles. The highest BCUT2D eigenvalue weighted by Crippen LogP contribution is 2.20. The van der Waals surface area contributed by atoms with Gasteiger partial charge in [0.2, 0.25) is 0 Å². The minimum atomic E-state index is -0.120. The van der Waals surface area contributed by atoms with Crippen LogP contribution in [0.25, 0.3) is 0 Å². The Balaban J connectivity index is 2.50. The summed E-state index contributed by atoms with van der Waals surface area (Å²) in [6.07, 6.45) is 0.338. The molecule has 0 N–H and O–H groups in total. The van der Waals surface area contributed by atoms with Crippen molar-refractivity contribution in [3.63, 3.8) is 0 Å². The van der Waals surface area contributed by atoms with Crippen molar-refractivity contribution in [3.8, 4) is 11.8 Å². The van der Waals surface area contributed by atoms with Crippen LogP contribution in [-0.2, 0) is 4.79 Å². The van der Waals surface area contributed by atoms with Crippen molar-refractivity contribution >= 4 is 5.91 Å². The van der Waals surface area contributed by atoms with Gasteiger partial charge in [0.25, 0.3) is 5.91 Å². The van der Waals surface area contributed by atoms with Crippen LogP contribution >= 0.6 is 0 Å². The number of carbonyl (C=O) groups excluding carboxylic acids is 1. The molecular weight excluding hydrogens is 240 g/mol. The molecule has 0 spiro atoms. The third-order valence-corrected chi connectivity index (χ3v) is 2.87. The van der Waals surface area contributed by atoms with E-state index in [9.17, 15) is 4.79 Å². The molecule has 4 nitrogen and oxygen atoms in total. The van der Waals surface area contributed by atoms with Gasteiger partial charge < -0.3 is 9.64 Å². The van der Waals surface area contributed by atoms with Gasteiger partial charge in [-0.2, -0.15) is 5.26 Å². The Labute approximate surface area is 114 Å². The summed E-state index contributed by atoms with van der Waals surface area (Å²) >= 11 is 0. The number of likely N-dealkylation sites (N-methyl/N-ethyl adjacent to an activating group) is 1. The van der Waals surface area contributed by atoms with Crippen LogP contribution < -0.4 is 4.74 Å². The third kappa shape index (κ3) is 5.01. The second-order valence-electron chi connectivity index (χ2n) is 4.74. The third-order valence-electron chi connectivity index (χ3n) is 2.87. The van der Waals surface area contributed by atoms with Crippen LogP contribution in [-0.4, -0.2) is 31.0 Å². The number of rotatable bonds is 6. The van der Waals surface area contributed by atoms with Crippen molar-refractivity contribution in [2.24, 2.45) is 0 Å². The molecule has 0 aromatic heterocycles. The van der Waals surface area contributed by atoms with Gasteiger partial charge >= 0.3 is 0 Å². The number of benzene rings is 1. The molecule has 1 rings (SSSR count). The lowest BCUT2D eigenvalue weighted by Crippen LogP contribution is -2.32. The minimum Gasteiger partial charge on any atom is -0.484 e. The quantitative estimate of drug-likeness (QED) is 0.790. The molecule has 0 aliphatic rings. The van der Waals surface area contributed by atoms with Gasteiger partial charge in [-0.15, -0.1) is 0 Å². The van der Waals surface area contributed by atoms with Crippen LogP contribution in [0.5, 0.6) is 5.75 Å². The Kier molecular flexibility index (Phi) is 5.87. The van der Waals surface area contributed by atoms with Gasteiger partial charge in [0, 0.05) is 13.6 Å². The topological polar surface area (TPSA) is 53.3 Å². The molecule has 102 valence electrons. The monoisotopic (exact) mass is 260 g/mol. The zero-order chi connectivity index (χ0) is 14.3. The van der Waals surface area contributed by atoms with Crippen LogP contribution in [0.3, 0.4) is 0 Å². The number of ether oxygens (including phenoxy) is 1. The molecule has 1 aromatic carbocycles. The first-order valence-corrected chi connectivity index (χ1v) is 6.38. The van der Waals surface area contributed by atoms with E-state index in [1.54, 1.807) is 7.05 Å². The Morgan fingerprint density at radius 1 is 1.47 bits per heavy atom. The lowest BCUT2D eigenvalue weighted by molar-refractivity contribution is -0.131. The van der Waals surface area contributed by atoms with Gasteiger partial charge in [-0.25, -0.2) is 0 Å². The fourth-order valence-electron chi connectivity index (χ4n) is 1.56. The molecule has 0 atom stereocenters. The van der Waals surface area contributed by atoms with Crippen molar-refractivity contribution in [1.82, 2.24) is 4.90 Å². The number of nitrogens with zero attached hydrogens (tertiary/aromatic N) is 2. The first-order valence-electron chi connectivity index (χ1n) is 6.38. The molecule has 1 aromatic rings. The largest absolute Gasteiger partial charge is 0.484 e. The lowest BCUT2D eigenvalue weighted by atomic mass is 10.0. The molecule has 0 aliphatic heterocycles. The second kappa shape index (κ2) is 7.42. The second-order valence-corrected chi connectivity index (χ2v) is 4.74. The summed E-state index contributed by atoms with van der Waals surface area (Å²) in [5.41, 5.74) is 1.18. The highest BCUT2D eigenvalue weighted by atomic mass is 16.5. The Bertz CT molecular complexity index is 463. The van der Waals surface area contributed by atoms with E-state index in [4.69, 9.17) is 10.00 Å². The van der Waals surface area contributed by atoms with Gasteiger partial charge in [0.05, 0.1) is 12.5 Å². The summed E-state index contributed by atoms with van der Waals surface area (Å²) in [6, 6.07) is 9.77. The van der Waals surface area contributed by atoms with E-state index in [2.05, 4.69) is 13.8 Å². The van der Waals surface area contributed by atoms with Crippen LogP contribution in [0.1, 0.15) is 31.7 Å². The highest BCUT2D eigenvalue weighted by molar-refractivity contribution is 5.77. The van der Waals surface area contributed by atoms with E-state index >= 15 is 0 Å². The summed E-state index contributed by atoms with van der Waals surface area (Å²) in [7, 11) is 1.67. The van der Waals surface area contributed by atoms with Gasteiger partial charge in [-0.05, 0) is 23.6 Å². The predicted octanol–water partition coefficient (Wildman–Crippen LogP) is 2.56. The van der Waals surface area contributed by atoms with E-state index < -0.39 is 0 Å². The van der Waals surface area contributed by atoms with Crippen molar-refractivity contribution in [2.45, 2.75) is 26.2 Å². The van der Waals surface area contributed by atoms with Crippen LogP contribution in [0, 0.1) is 11.3 Å². The maximum Gasteiger partial charge on any atom is 0.260 e. The molecular formula is C15H20N2O2. The Hall–Kier alpha value is -2.02. The van der Waals surface area contributed by atoms with Crippen molar-refractivity contribution in [2.75, 3.05) is 20.2 Å². The molecule has 0 heterocycles. The van der Waals surface area contributed by atoms with Crippen LogP contribution in [0.15, 0.2) is 24.3 Å². The van der Waals surface area contributed by atoms with E-state index in [1.165, 1.54) is 10.5 Å². The molecule has 0 aliphatic carbocycles. The van der Waals surface area contributed by atoms with Gasteiger partial charge in [0.15, 0.2) is 6.61 Å². The first-order chi connectivity index (χ1) is 9.04. The summed E-state index contributed by atoms with van der Waals surface area (Å²) in [4.78, 5) is 13.2.